The average molecular weight is 279 g/mol. The van der Waals surface area contributed by atoms with Crippen molar-refractivity contribution in [1.82, 2.24) is 15.5 Å². The van der Waals surface area contributed by atoms with E-state index >= 15 is 0 Å². The lowest BCUT2D eigenvalue weighted by Crippen LogP contribution is -2.25. The highest BCUT2D eigenvalue weighted by molar-refractivity contribution is 14.1. The van der Waals surface area contributed by atoms with E-state index in [1.165, 1.54) is 0 Å². The fourth-order valence-electron chi connectivity index (χ4n) is 0.758. The van der Waals surface area contributed by atoms with E-state index in [4.69, 9.17) is 0 Å². The molecule has 0 atom stereocenters. The quantitative estimate of drug-likeness (QED) is 0.815. The van der Waals surface area contributed by atoms with Gasteiger partial charge in [0.25, 0.3) is 5.91 Å². The maximum atomic E-state index is 11.3. The van der Waals surface area contributed by atoms with Crippen molar-refractivity contribution in [3.05, 3.63) is 15.5 Å². The zero-order valence-electron chi connectivity index (χ0n) is 6.72. The van der Waals surface area contributed by atoms with Crippen LogP contribution in [0.3, 0.4) is 0 Å². The highest BCUT2D eigenvalue weighted by Gasteiger charge is 2.09. The van der Waals surface area contributed by atoms with Crippen molar-refractivity contribution >= 4 is 28.5 Å². The molecule has 0 aliphatic rings. The summed E-state index contributed by atoms with van der Waals surface area (Å²) in [6.45, 7) is 2.71. The van der Waals surface area contributed by atoms with Crippen molar-refractivity contribution < 1.29 is 4.79 Å². The van der Waals surface area contributed by atoms with E-state index < -0.39 is 0 Å². The number of amides is 1. The zero-order valence-corrected chi connectivity index (χ0v) is 8.88. The molecule has 0 unspecified atom stereocenters. The van der Waals surface area contributed by atoms with E-state index in [1.54, 1.807) is 6.20 Å². The minimum absolute atomic E-state index is 0.0845. The summed E-state index contributed by atoms with van der Waals surface area (Å²) in [6, 6.07) is 0. The normalized spacial score (nSPS) is 9.83. The van der Waals surface area contributed by atoms with Gasteiger partial charge in [0.2, 0.25) is 0 Å². The van der Waals surface area contributed by atoms with Crippen LogP contribution in [0.1, 0.15) is 23.8 Å². The van der Waals surface area contributed by atoms with Crippen LogP contribution in [0.2, 0.25) is 0 Å². The summed E-state index contributed by atoms with van der Waals surface area (Å²) in [7, 11) is 0. The van der Waals surface area contributed by atoms with Gasteiger partial charge >= 0.3 is 0 Å². The second-order valence-electron chi connectivity index (χ2n) is 2.35. The number of aromatic amines is 1. The summed E-state index contributed by atoms with van der Waals surface area (Å²) in [5.41, 5.74) is 0.545. The molecule has 2 N–H and O–H groups in total. The molecule has 1 heterocycles. The number of nitrogens with one attached hydrogen (secondary N) is 2. The fraction of sp³-hybridized carbons (Fsp3) is 0.429. The van der Waals surface area contributed by atoms with E-state index in [9.17, 15) is 4.79 Å². The highest BCUT2D eigenvalue weighted by Crippen LogP contribution is 2.06. The Labute approximate surface area is 84.3 Å². The Bertz CT molecular complexity index is 271. The molecule has 0 bridgehead atoms. The number of hydrogen-bond donors (Lipinski definition) is 2. The Morgan fingerprint density at radius 2 is 2.58 bits per heavy atom. The Hall–Kier alpha value is -0.590. The predicted molar refractivity (Wildman–Crippen MR) is 53.9 cm³/mol. The standard InChI is InChI=1S/C7H10IN3O/c1-2-3-9-7(12)6-5(8)4-10-11-6/h4H,2-3H2,1H3,(H,9,12)(H,10,11). The third-order valence-corrected chi connectivity index (χ3v) is 2.17. The van der Waals surface area contributed by atoms with Crippen LogP contribution in [0.25, 0.3) is 0 Å². The van der Waals surface area contributed by atoms with Gasteiger partial charge in [-0.15, -0.1) is 0 Å². The van der Waals surface area contributed by atoms with Crippen molar-refractivity contribution in [1.29, 1.82) is 0 Å². The number of halogens is 1. The number of carbonyl (C=O) groups excluding carboxylic acids is 1. The van der Waals surface area contributed by atoms with Gasteiger partial charge in [0.05, 0.1) is 9.77 Å². The number of rotatable bonds is 3. The summed E-state index contributed by atoms with van der Waals surface area (Å²) < 4.78 is 0.848. The fourth-order valence-corrected chi connectivity index (χ4v) is 1.26. The summed E-state index contributed by atoms with van der Waals surface area (Å²) in [6.07, 6.45) is 2.57. The van der Waals surface area contributed by atoms with Crippen LogP contribution >= 0.6 is 22.6 Å². The van der Waals surface area contributed by atoms with Crippen LogP contribution in [-0.2, 0) is 0 Å². The van der Waals surface area contributed by atoms with E-state index in [-0.39, 0.29) is 5.91 Å². The lowest BCUT2D eigenvalue weighted by molar-refractivity contribution is 0.0948. The maximum absolute atomic E-state index is 11.3. The predicted octanol–water partition coefficient (Wildman–Crippen LogP) is 1.15. The van der Waals surface area contributed by atoms with Crippen LogP contribution in [0.15, 0.2) is 6.20 Å². The second-order valence-corrected chi connectivity index (χ2v) is 3.51. The van der Waals surface area contributed by atoms with Gasteiger partial charge in [-0.25, -0.2) is 0 Å². The molecule has 5 heteroatoms. The number of hydrogen-bond acceptors (Lipinski definition) is 2. The first-order chi connectivity index (χ1) is 5.75. The molecule has 0 spiro atoms. The number of nitrogens with zero attached hydrogens (tertiary/aromatic N) is 1. The van der Waals surface area contributed by atoms with Crippen molar-refractivity contribution in [3.63, 3.8) is 0 Å². The molecule has 12 heavy (non-hydrogen) atoms. The van der Waals surface area contributed by atoms with Crippen LogP contribution < -0.4 is 5.32 Å². The molecule has 0 aromatic carbocycles. The van der Waals surface area contributed by atoms with Crippen LogP contribution in [0, 0.1) is 3.57 Å². The van der Waals surface area contributed by atoms with Gasteiger partial charge in [0.15, 0.2) is 0 Å². The molecule has 0 aliphatic heterocycles. The van der Waals surface area contributed by atoms with Gasteiger partial charge < -0.3 is 5.32 Å². The van der Waals surface area contributed by atoms with E-state index in [2.05, 4.69) is 38.1 Å². The lowest BCUT2D eigenvalue weighted by atomic mass is 10.4. The molecule has 4 nitrogen and oxygen atoms in total. The van der Waals surface area contributed by atoms with Gasteiger partial charge in [-0.2, -0.15) is 5.10 Å². The maximum Gasteiger partial charge on any atom is 0.270 e. The summed E-state index contributed by atoms with van der Waals surface area (Å²) >= 11 is 2.07. The van der Waals surface area contributed by atoms with Crippen molar-refractivity contribution in [2.24, 2.45) is 0 Å². The van der Waals surface area contributed by atoms with Crippen LogP contribution in [0.4, 0.5) is 0 Å². The molecule has 0 saturated carbocycles. The van der Waals surface area contributed by atoms with Crippen LogP contribution in [0.5, 0.6) is 0 Å². The first-order valence-corrected chi connectivity index (χ1v) is 4.80. The third kappa shape index (κ3) is 2.20. The number of carbonyl (C=O) groups is 1. The molecule has 0 fully saturated rings. The Morgan fingerprint density at radius 1 is 1.83 bits per heavy atom. The highest BCUT2D eigenvalue weighted by atomic mass is 127. The van der Waals surface area contributed by atoms with Crippen molar-refractivity contribution in [2.45, 2.75) is 13.3 Å². The lowest BCUT2D eigenvalue weighted by Gasteiger charge is -2.00. The summed E-state index contributed by atoms with van der Waals surface area (Å²) in [4.78, 5) is 11.3. The minimum Gasteiger partial charge on any atom is -0.351 e. The SMILES string of the molecule is CCCNC(=O)c1[nH]ncc1I. The molecule has 0 aliphatic carbocycles. The molecule has 1 aromatic heterocycles. The van der Waals surface area contributed by atoms with Gasteiger partial charge in [-0.1, -0.05) is 6.92 Å². The largest absolute Gasteiger partial charge is 0.351 e. The molecular formula is C7H10IN3O. The van der Waals surface area contributed by atoms with Crippen LogP contribution in [-0.4, -0.2) is 22.6 Å². The Balaban J connectivity index is 2.59. The molecular weight excluding hydrogens is 269 g/mol. The topological polar surface area (TPSA) is 57.8 Å². The monoisotopic (exact) mass is 279 g/mol. The van der Waals surface area contributed by atoms with Gasteiger partial charge in [-0.3, -0.25) is 9.89 Å². The minimum atomic E-state index is -0.0845. The molecule has 66 valence electrons. The average Bonchev–Trinajstić information content (AvgIpc) is 2.47. The zero-order chi connectivity index (χ0) is 8.97. The smallest absolute Gasteiger partial charge is 0.270 e. The molecule has 0 radical (unpaired) electrons. The van der Waals surface area contributed by atoms with Gasteiger partial charge in [-0.05, 0) is 29.0 Å². The van der Waals surface area contributed by atoms with E-state index in [1.807, 2.05) is 6.92 Å². The molecule has 0 saturated heterocycles. The summed E-state index contributed by atoms with van der Waals surface area (Å²) in [5.74, 6) is -0.0845. The molecule has 1 amide bonds. The third-order valence-electron chi connectivity index (χ3n) is 1.36. The summed E-state index contributed by atoms with van der Waals surface area (Å²) in [5, 5.41) is 9.16. The first-order valence-electron chi connectivity index (χ1n) is 3.72. The number of aromatic nitrogens is 2. The Kier molecular flexibility index (Phi) is 3.51. The van der Waals surface area contributed by atoms with Crippen molar-refractivity contribution in [2.75, 3.05) is 6.54 Å². The van der Waals surface area contributed by atoms with E-state index in [0.29, 0.717) is 12.2 Å². The second kappa shape index (κ2) is 4.44. The van der Waals surface area contributed by atoms with E-state index in [0.717, 1.165) is 9.99 Å². The first kappa shape index (κ1) is 9.50. The Morgan fingerprint density at radius 3 is 3.08 bits per heavy atom. The molecule has 1 rings (SSSR count). The van der Waals surface area contributed by atoms with Gasteiger partial charge in [0, 0.05) is 6.54 Å². The van der Waals surface area contributed by atoms with Gasteiger partial charge in [0.1, 0.15) is 5.69 Å². The molecule has 1 aromatic rings. The number of H-pyrrole nitrogens is 1. The van der Waals surface area contributed by atoms with Crippen molar-refractivity contribution in [3.8, 4) is 0 Å².